The fourth-order valence-corrected chi connectivity index (χ4v) is 7.85. The van der Waals surface area contributed by atoms with Crippen LogP contribution in [0.5, 0.6) is 0 Å². The highest BCUT2D eigenvalue weighted by Gasteiger charge is 2.53. The number of thioether (sulfide) groups is 1. The van der Waals surface area contributed by atoms with Crippen LogP contribution < -0.4 is 43.0 Å². The quantitative estimate of drug-likeness (QED) is 0.0324. The van der Waals surface area contributed by atoms with Crippen LogP contribution in [0.15, 0.2) is 0 Å². The lowest BCUT2D eigenvalue weighted by Crippen LogP contribution is -2.70. The number of carbonyl (C=O) groups is 11. The van der Waals surface area contributed by atoms with Gasteiger partial charge in [-0.3, -0.25) is 47.9 Å². The summed E-state index contributed by atoms with van der Waals surface area (Å²) in [6, 6.07) is -12.0. The second-order valence-electron chi connectivity index (χ2n) is 16.9. The number of ether oxygens (including phenoxy) is 5. The molecule has 31 nitrogen and oxygen atoms in total. The maximum absolute atomic E-state index is 13.6. The van der Waals surface area contributed by atoms with Crippen molar-refractivity contribution in [3.63, 3.8) is 0 Å². The molecule has 7 amide bonds. The van der Waals surface area contributed by atoms with E-state index in [4.69, 9.17) is 39.6 Å². The summed E-state index contributed by atoms with van der Waals surface area (Å²) < 4.78 is 28.6. The molecule has 0 bridgehead atoms. The van der Waals surface area contributed by atoms with Crippen molar-refractivity contribution in [3.05, 3.63) is 0 Å². The number of carboxylic acids is 3. The van der Waals surface area contributed by atoms with E-state index >= 15 is 0 Å². The summed E-state index contributed by atoms with van der Waals surface area (Å²) in [7, 11) is 0. The Labute approximate surface area is 421 Å². The van der Waals surface area contributed by atoms with Gasteiger partial charge in [-0.05, 0) is 34.1 Å². The fourth-order valence-electron chi connectivity index (χ4n) is 6.85. The van der Waals surface area contributed by atoms with Gasteiger partial charge in [0.2, 0.25) is 41.4 Å². The number of aliphatic hydroxyl groups excluding tert-OH is 4. The molecule has 2 aliphatic heterocycles. The van der Waals surface area contributed by atoms with Crippen molar-refractivity contribution in [1.82, 2.24) is 37.2 Å². The van der Waals surface area contributed by atoms with Crippen LogP contribution in [0.25, 0.3) is 0 Å². The van der Waals surface area contributed by atoms with Crippen molar-refractivity contribution >= 4 is 77.0 Å². The largest absolute Gasteiger partial charge is 0.480 e. The molecule has 0 aromatic heterocycles. The first-order valence-corrected chi connectivity index (χ1v) is 23.6. The number of rotatable bonds is 28. The molecule has 32 heteroatoms. The summed E-state index contributed by atoms with van der Waals surface area (Å²) in [5.41, 5.74) is 5.53. The third-order valence-corrected chi connectivity index (χ3v) is 12.0. The molecule has 0 aromatic rings. The van der Waals surface area contributed by atoms with Crippen LogP contribution in [0.2, 0.25) is 0 Å². The molecule has 0 radical (unpaired) electrons. The van der Waals surface area contributed by atoms with E-state index in [1.807, 2.05) is 0 Å². The molecule has 17 atom stereocenters. The molecular formula is C41H66N8O23S. The zero-order valence-electron chi connectivity index (χ0n) is 40.7. The number of nitrogens with two attached hydrogens (primary N) is 1. The van der Waals surface area contributed by atoms with Crippen LogP contribution >= 0.6 is 11.8 Å². The van der Waals surface area contributed by atoms with Gasteiger partial charge in [0.1, 0.15) is 97.7 Å². The number of hydrogen-bond donors (Lipinski definition) is 15. The molecule has 414 valence electrons. The van der Waals surface area contributed by atoms with Crippen molar-refractivity contribution in [3.8, 4) is 0 Å². The summed E-state index contributed by atoms with van der Waals surface area (Å²) >= 11 is 0.839. The van der Waals surface area contributed by atoms with Gasteiger partial charge in [-0.15, -0.1) is 0 Å². The number of carbonyl (C=O) groups excluding carboxylic acids is 8. The van der Waals surface area contributed by atoms with Crippen LogP contribution in [-0.2, 0) is 76.4 Å². The number of hydrogen-bond acceptors (Lipinski definition) is 22. The van der Waals surface area contributed by atoms with Crippen molar-refractivity contribution in [1.29, 1.82) is 0 Å². The average Bonchev–Trinajstić information content (AvgIpc) is 3.29. The normalized spacial score (nSPS) is 26.6. The summed E-state index contributed by atoms with van der Waals surface area (Å²) in [5.74, 6) is -12.2. The van der Waals surface area contributed by atoms with E-state index in [9.17, 15) is 78.3 Å². The van der Waals surface area contributed by atoms with Gasteiger partial charge < -0.3 is 102 Å². The lowest BCUT2D eigenvalue weighted by molar-refractivity contribution is -0.333. The van der Waals surface area contributed by atoms with Crippen LogP contribution in [0.4, 0.5) is 0 Å². The molecular weight excluding hydrogens is 1000 g/mol. The van der Waals surface area contributed by atoms with Crippen molar-refractivity contribution in [2.45, 2.75) is 165 Å². The van der Waals surface area contributed by atoms with Crippen LogP contribution in [0, 0.1) is 0 Å². The number of amides is 7. The van der Waals surface area contributed by atoms with Gasteiger partial charge >= 0.3 is 23.9 Å². The summed E-state index contributed by atoms with van der Waals surface area (Å²) in [6.07, 6.45) is -16.6. The molecule has 2 heterocycles. The molecule has 2 fully saturated rings. The molecule has 17 unspecified atom stereocenters. The first kappa shape index (κ1) is 63.3. The van der Waals surface area contributed by atoms with Crippen molar-refractivity contribution in [2.75, 3.05) is 24.7 Å². The van der Waals surface area contributed by atoms with Gasteiger partial charge in [-0.1, -0.05) is 0 Å². The summed E-state index contributed by atoms with van der Waals surface area (Å²) in [6.45, 7) is 6.32. The van der Waals surface area contributed by atoms with Gasteiger partial charge in [-0.25, -0.2) is 4.79 Å². The van der Waals surface area contributed by atoms with E-state index in [1.165, 1.54) is 13.8 Å². The molecule has 0 spiro atoms. The van der Waals surface area contributed by atoms with Crippen LogP contribution in [0.1, 0.15) is 61.3 Å². The zero-order chi connectivity index (χ0) is 55.6. The monoisotopic (exact) mass is 1070 g/mol. The third kappa shape index (κ3) is 20.2. The van der Waals surface area contributed by atoms with Gasteiger partial charge in [-0.2, -0.15) is 11.8 Å². The van der Waals surface area contributed by atoms with Gasteiger partial charge in [0.15, 0.2) is 12.6 Å². The number of nitrogens with one attached hydrogen (secondary N) is 7. The van der Waals surface area contributed by atoms with E-state index in [-0.39, 0.29) is 11.5 Å². The number of aliphatic carboxylic acids is 3. The Morgan fingerprint density at radius 2 is 1.19 bits per heavy atom. The zero-order valence-corrected chi connectivity index (χ0v) is 41.5. The molecule has 16 N–H and O–H groups in total. The minimum Gasteiger partial charge on any atom is -0.480 e. The maximum atomic E-state index is 13.6. The van der Waals surface area contributed by atoms with Gasteiger partial charge in [0.05, 0.1) is 6.61 Å². The number of carboxylic acid groups (broad SMARTS) is 3. The first-order valence-electron chi connectivity index (χ1n) is 22.5. The standard InChI is InChI=1S/C41H66N8O23S/c1-14(33(57)45-16(3)37(61)62)44-36(60)23(13-73-12-21(42)38(63)64)48-26(54)9-8-22(39(65)66)49-34(58)15(2)43-35(59)17(4)69-32-28(47-19(6)52)40(67)70-25(11-68-20(7)53)31(32)72-41-27(46-18(5)51)30(56)29(55)24(10-50)71-41/h14-17,21-25,27-32,40-41,50,55-56,67H,8-13,42H2,1-7H3,(H,43,59)(H,44,60)(H,45,57)(H,46,51)(H,47,52)(H,48,54)(H,49,58)(H,61,62)(H,63,64)(H,65,66). The first-order chi connectivity index (χ1) is 34.0. The topological polar surface area (TPSA) is 486 Å². The second kappa shape index (κ2) is 29.8. The van der Waals surface area contributed by atoms with Crippen LogP contribution in [-0.4, -0.2) is 229 Å². The number of aliphatic hydroxyl groups is 4. The van der Waals surface area contributed by atoms with Crippen molar-refractivity contribution < 1.29 is 112 Å². The Kier molecular flexibility index (Phi) is 25.8. The molecule has 0 saturated carbocycles. The Morgan fingerprint density at radius 3 is 1.73 bits per heavy atom. The predicted octanol–water partition coefficient (Wildman–Crippen LogP) is -7.55. The maximum Gasteiger partial charge on any atom is 0.326 e. The van der Waals surface area contributed by atoms with E-state index in [1.54, 1.807) is 0 Å². The van der Waals surface area contributed by atoms with E-state index in [0.717, 1.165) is 46.4 Å². The highest BCUT2D eigenvalue weighted by atomic mass is 32.2. The Bertz CT molecular complexity index is 1990. The third-order valence-electron chi connectivity index (χ3n) is 10.8. The molecule has 0 aromatic carbocycles. The lowest BCUT2D eigenvalue weighted by Gasteiger charge is -2.48. The molecule has 2 aliphatic rings. The molecule has 73 heavy (non-hydrogen) atoms. The average molecular weight is 1070 g/mol. The van der Waals surface area contributed by atoms with E-state index in [0.29, 0.717) is 0 Å². The van der Waals surface area contributed by atoms with E-state index < -0.39 is 195 Å². The van der Waals surface area contributed by atoms with Gasteiger partial charge in [0, 0.05) is 38.7 Å². The minimum atomic E-state index is -1.96. The highest BCUT2D eigenvalue weighted by Crippen LogP contribution is 2.31. The number of esters is 1. The molecule has 2 saturated heterocycles. The Hall–Kier alpha value is -5.84. The summed E-state index contributed by atoms with van der Waals surface area (Å²) in [4.78, 5) is 137. The second-order valence-corrected chi connectivity index (χ2v) is 18.0. The Morgan fingerprint density at radius 1 is 0.630 bits per heavy atom. The minimum absolute atomic E-state index is 0.223. The smallest absolute Gasteiger partial charge is 0.326 e. The SMILES string of the molecule is CC(=O)NC1C(OC2C(COC(C)=O)OC(O)C(NC(C)=O)C2OC(C)C(=O)NC(C)C(=O)NC(CCC(=O)NC(CSCC(N)C(=O)O)C(=O)NC(C)C(=O)NC(C)C(=O)O)C(=O)O)OC(CO)C(O)C1O. The predicted molar refractivity (Wildman–Crippen MR) is 244 cm³/mol. The van der Waals surface area contributed by atoms with E-state index in [2.05, 4.69) is 37.2 Å². The molecule has 2 rings (SSSR count). The molecule has 0 aliphatic carbocycles. The van der Waals surface area contributed by atoms with Gasteiger partial charge in [0.25, 0.3) is 0 Å². The fraction of sp³-hybridized carbons (Fsp3) is 0.732. The van der Waals surface area contributed by atoms with Crippen LogP contribution in [0.3, 0.4) is 0 Å². The Balaban J connectivity index is 2.28. The summed E-state index contributed by atoms with van der Waals surface area (Å²) in [5, 5.41) is 86.6. The lowest BCUT2D eigenvalue weighted by atomic mass is 9.94. The van der Waals surface area contributed by atoms with Crippen molar-refractivity contribution in [2.24, 2.45) is 5.73 Å². The highest BCUT2D eigenvalue weighted by molar-refractivity contribution is 7.99.